The Balaban J connectivity index is 1.46. The second-order valence-corrected chi connectivity index (χ2v) is 13.4. The minimum Gasteiger partial charge on any atom is -0.298 e. The molecule has 0 amide bonds. The van der Waals surface area contributed by atoms with E-state index in [9.17, 15) is 4.79 Å². The highest BCUT2D eigenvalue weighted by molar-refractivity contribution is 6.33. The van der Waals surface area contributed by atoms with Crippen LogP contribution in [-0.2, 0) is 5.41 Å². The van der Waals surface area contributed by atoms with E-state index < -0.39 is 0 Å². The van der Waals surface area contributed by atoms with Crippen LogP contribution in [-0.4, -0.2) is 6.29 Å². The van der Waals surface area contributed by atoms with E-state index in [1.54, 1.807) is 0 Å². The molecule has 0 atom stereocenters. The number of hydrogen-bond acceptors (Lipinski definition) is 1. The Morgan fingerprint density at radius 1 is 0.449 bits per heavy atom. The van der Waals surface area contributed by atoms with Gasteiger partial charge in [-0.1, -0.05) is 147 Å². The molecule has 234 valence electrons. The average molecular weight is 629 g/mol. The Labute approximate surface area is 287 Å². The van der Waals surface area contributed by atoms with Gasteiger partial charge in [0.1, 0.15) is 6.29 Å². The molecule has 0 aromatic heterocycles. The molecule has 0 aliphatic heterocycles. The Hall–Kier alpha value is -5.79. The summed E-state index contributed by atoms with van der Waals surface area (Å²) in [6.07, 6.45) is 2.90. The SMILES string of the molecule is CCC1(CC)c2cc(C=O)ccc2-c2ccc(-c3cc(-c4ccccc4)c4c5ccccc5c5ccccc5c4c3-c3ccccc3)cc21. The molecule has 0 saturated carbocycles. The molecule has 9 rings (SSSR count). The van der Waals surface area contributed by atoms with Crippen molar-refractivity contribution in [3.63, 3.8) is 0 Å². The molecule has 1 nitrogen and oxygen atoms in total. The van der Waals surface area contributed by atoms with Gasteiger partial charge < -0.3 is 0 Å². The van der Waals surface area contributed by atoms with Crippen molar-refractivity contribution in [1.29, 1.82) is 0 Å². The molecular formula is C48H36O. The van der Waals surface area contributed by atoms with E-state index in [-0.39, 0.29) is 5.41 Å². The zero-order valence-corrected chi connectivity index (χ0v) is 27.8. The smallest absolute Gasteiger partial charge is 0.150 e. The molecular weight excluding hydrogens is 593 g/mol. The van der Waals surface area contributed by atoms with Crippen molar-refractivity contribution in [2.75, 3.05) is 0 Å². The third kappa shape index (κ3) is 4.28. The Kier molecular flexibility index (Phi) is 6.84. The summed E-state index contributed by atoms with van der Waals surface area (Å²) in [6, 6.07) is 55.4. The van der Waals surface area contributed by atoms with Gasteiger partial charge in [-0.05, 0) is 119 Å². The summed E-state index contributed by atoms with van der Waals surface area (Å²) in [7, 11) is 0. The predicted octanol–water partition coefficient (Wildman–Crippen LogP) is 13.0. The van der Waals surface area contributed by atoms with Crippen LogP contribution < -0.4 is 0 Å². The molecule has 8 aromatic rings. The van der Waals surface area contributed by atoms with Crippen LogP contribution in [0.4, 0.5) is 0 Å². The van der Waals surface area contributed by atoms with E-state index in [1.165, 1.54) is 88.0 Å². The molecule has 0 saturated heterocycles. The van der Waals surface area contributed by atoms with Gasteiger partial charge in [0.15, 0.2) is 0 Å². The van der Waals surface area contributed by atoms with Gasteiger partial charge in [-0.25, -0.2) is 0 Å². The Morgan fingerprint density at radius 3 is 1.59 bits per heavy atom. The largest absolute Gasteiger partial charge is 0.298 e. The maximum Gasteiger partial charge on any atom is 0.150 e. The van der Waals surface area contributed by atoms with Gasteiger partial charge in [0, 0.05) is 11.0 Å². The van der Waals surface area contributed by atoms with Crippen molar-refractivity contribution in [3.05, 3.63) is 168 Å². The number of fused-ring (bicyclic) bond motifs is 9. The second-order valence-electron chi connectivity index (χ2n) is 13.4. The van der Waals surface area contributed by atoms with E-state index in [0.29, 0.717) is 0 Å². The van der Waals surface area contributed by atoms with Crippen LogP contribution in [0, 0.1) is 0 Å². The molecule has 0 bridgehead atoms. The van der Waals surface area contributed by atoms with E-state index in [4.69, 9.17) is 0 Å². The summed E-state index contributed by atoms with van der Waals surface area (Å²) in [5.41, 5.74) is 13.1. The second kappa shape index (κ2) is 11.4. The highest BCUT2D eigenvalue weighted by atomic mass is 16.1. The highest BCUT2D eigenvalue weighted by Gasteiger charge is 2.41. The summed E-state index contributed by atoms with van der Waals surface area (Å²) in [5, 5.41) is 7.65. The normalized spacial score (nSPS) is 13.1. The molecule has 0 heterocycles. The maximum absolute atomic E-state index is 11.9. The van der Waals surface area contributed by atoms with Gasteiger partial charge in [-0.3, -0.25) is 4.79 Å². The van der Waals surface area contributed by atoms with Crippen LogP contribution in [0.2, 0.25) is 0 Å². The van der Waals surface area contributed by atoms with E-state index >= 15 is 0 Å². The number of benzene rings is 8. The predicted molar refractivity (Wildman–Crippen MR) is 207 cm³/mol. The summed E-state index contributed by atoms with van der Waals surface area (Å²) in [6.45, 7) is 4.58. The maximum atomic E-state index is 11.9. The van der Waals surface area contributed by atoms with Crippen LogP contribution in [0.25, 0.3) is 76.8 Å². The fourth-order valence-electron chi connectivity index (χ4n) is 8.85. The molecule has 0 N–H and O–H groups in total. The third-order valence-electron chi connectivity index (χ3n) is 11.2. The number of rotatable bonds is 6. The lowest BCUT2D eigenvalue weighted by Gasteiger charge is -2.30. The van der Waals surface area contributed by atoms with Crippen LogP contribution in [0.1, 0.15) is 48.2 Å². The van der Waals surface area contributed by atoms with Crippen molar-refractivity contribution in [1.82, 2.24) is 0 Å². The fourth-order valence-corrected chi connectivity index (χ4v) is 8.85. The van der Waals surface area contributed by atoms with E-state index in [2.05, 4.69) is 159 Å². The third-order valence-corrected chi connectivity index (χ3v) is 11.2. The summed E-state index contributed by atoms with van der Waals surface area (Å²) in [4.78, 5) is 11.9. The van der Waals surface area contributed by atoms with Gasteiger partial charge in [0.2, 0.25) is 0 Å². The lowest BCUT2D eigenvalue weighted by atomic mass is 9.73. The van der Waals surface area contributed by atoms with Gasteiger partial charge in [0.05, 0.1) is 0 Å². The molecule has 0 spiro atoms. The average Bonchev–Trinajstić information content (AvgIpc) is 3.46. The van der Waals surface area contributed by atoms with Gasteiger partial charge in [0.25, 0.3) is 0 Å². The van der Waals surface area contributed by atoms with Crippen LogP contribution in [0.15, 0.2) is 152 Å². The minimum absolute atomic E-state index is 0.158. The Bertz CT molecular complexity index is 2570. The topological polar surface area (TPSA) is 17.1 Å². The van der Waals surface area contributed by atoms with Crippen molar-refractivity contribution < 1.29 is 4.79 Å². The zero-order valence-electron chi connectivity index (χ0n) is 27.8. The van der Waals surface area contributed by atoms with Crippen molar-refractivity contribution in [2.45, 2.75) is 32.1 Å². The molecule has 0 radical (unpaired) electrons. The van der Waals surface area contributed by atoms with Crippen LogP contribution in [0.3, 0.4) is 0 Å². The van der Waals surface area contributed by atoms with Gasteiger partial charge >= 0.3 is 0 Å². The van der Waals surface area contributed by atoms with Crippen LogP contribution >= 0.6 is 0 Å². The Morgan fingerprint density at radius 2 is 0.980 bits per heavy atom. The van der Waals surface area contributed by atoms with Crippen molar-refractivity contribution >= 4 is 38.6 Å². The van der Waals surface area contributed by atoms with Crippen molar-refractivity contribution in [2.24, 2.45) is 0 Å². The highest BCUT2D eigenvalue weighted by Crippen LogP contribution is 2.55. The molecule has 49 heavy (non-hydrogen) atoms. The first kappa shape index (κ1) is 29.4. The molecule has 1 aliphatic rings. The zero-order chi connectivity index (χ0) is 33.1. The fraction of sp³-hybridized carbons (Fsp3) is 0.104. The van der Waals surface area contributed by atoms with E-state index in [1.807, 2.05) is 6.07 Å². The summed E-state index contributed by atoms with van der Waals surface area (Å²) >= 11 is 0. The summed E-state index contributed by atoms with van der Waals surface area (Å²) < 4.78 is 0. The van der Waals surface area contributed by atoms with E-state index in [0.717, 1.165) is 24.7 Å². The first-order chi connectivity index (χ1) is 24.2. The molecule has 0 fully saturated rings. The quantitative estimate of drug-likeness (QED) is 0.132. The monoisotopic (exact) mass is 628 g/mol. The first-order valence-electron chi connectivity index (χ1n) is 17.4. The standard InChI is InChI=1S/C48H36O/c1-3-48(4-2)43-27-31(30-49)23-25-37(43)38-26-24-34(28-44(38)48)42-29-41(32-15-7-5-8-16-32)46-39-21-13-11-19-35(39)36-20-12-14-22-40(36)47(46)45(42)33-17-9-6-10-18-33/h5-30H,3-4H2,1-2H3. The lowest BCUT2D eigenvalue weighted by Crippen LogP contribution is -2.23. The van der Waals surface area contributed by atoms with Crippen molar-refractivity contribution in [3.8, 4) is 44.5 Å². The molecule has 0 unspecified atom stereocenters. The van der Waals surface area contributed by atoms with Gasteiger partial charge in [-0.15, -0.1) is 0 Å². The molecule has 8 aromatic carbocycles. The summed E-state index contributed by atoms with van der Waals surface area (Å²) in [5.74, 6) is 0. The molecule has 1 aliphatic carbocycles. The minimum atomic E-state index is -0.158. The first-order valence-corrected chi connectivity index (χ1v) is 17.4. The number of carbonyl (C=O) groups excluding carboxylic acids is 1. The lowest BCUT2D eigenvalue weighted by molar-refractivity contribution is 0.112. The number of aldehydes is 1. The van der Waals surface area contributed by atoms with Gasteiger partial charge in [-0.2, -0.15) is 0 Å². The number of carbonyl (C=O) groups is 1. The van der Waals surface area contributed by atoms with Crippen LogP contribution in [0.5, 0.6) is 0 Å². The number of hydrogen-bond donors (Lipinski definition) is 0. The molecule has 1 heteroatoms.